The van der Waals surface area contributed by atoms with Gasteiger partial charge in [0, 0.05) is 12.6 Å². The van der Waals surface area contributed by atoms with Crippen molar-refractivity contribution in [2.75, 3.05) is 11.4 Å². The van der Waals surface area contributed by atoms with Gasteiger partial charge in [-0.25, -0.2) is 4.98 Å². The molecule has 16 heavy (non-hydrogen) atoms. The quantitative estimate of drug-likeness (QED) is 0.727. The zero-order chi connectivity index (χ0) is 11.8. The second kappa shape index (κ2) is 3.77. The molecule has 0 aromatic carbocycles. The predicted molar refractivity (Wildman–Crippen MR) is 61.6 cm³/mol. The van der Waals surface area contributed by atoms with Crippen LogP contribution in [0.2, 0.25) is 0 Å². The van der Waals surface area contributed by atoms with Crippen molar-refractivity contribution >= 4 is 11.7 Å². The van der Waals surface area contributed by atoms with Gasteiger partial charge in [-0.1, -0.05) is 6.92 Å². The van der Waals surface area contributed by atoms with Gasteiger partial charge in [-0.2, -0.15) is 0 Å². The summed E-state index contributed by atoms with van der Waals surface area (Å²) in [7, 11) is 0. The number of hydrogen-bond donors (Lipinski definition) is 0. The van der Waals surface area contributed by atoms with Crippen molar-refractivity contribution in [3.8, 4) is 5.75 Å². The third-order valence-corrected chi connectivity index (χ3v) is 2.54. The van der Waals surface area contributed by atoms with E-state index in [0.29, 0.717) is 24.5 Å². The highest BCUT2D eigenvalue weighted by Gasteiger charge is 2.34. The van der Waals surface area contributed by atoms with Crippen LogP contribution >= 0.6 is 0 Å². The zero-order valence-electron chi connectivity index (χ0n) is 9.86. The third-order valence-electron chi connectivity index (χ3n) is 2.54. The van der Waals surface area contributed by atoms with Gasteiger partial charge in [0.1, 0.15) is 5.60 Å². The number of fused-ring (bicyclic) bond motifs is 1. The van der Waals surface area contributed by atoms with E-state index in [-0.39, 0.29) is 11.5 Å². The highest BCUT2D eigenvalue weighted by molar-refractivity contribution is 5.94. The number of amides is 1. The number of nitrogens with zero attached hydrogens (tertiary/aromatic N) is 2. The van der Waals surface area contributed by atoms with Crippen molar-refractivity contribution in [1.82, 2.24) is 4.98 Å². The third kappa shape index (κ3) is 1.87. The minimum absolute atomic E-state index is 0.0799. The van der Waals surface area contributed by atoms with Crippen LogP contribution in [0.15, 0.2) is 18.3 Å². The minimum Gasteiger partial charge on any atom is -0.482 e. The monoisotopic (exact) mass is 220 g/mol. The minimum atomic E-state index is -0.360. The van der Waals surface area contributed by atoms with E-state index in [1.807, 2.05) is 32.9 Å². The van der Waals surface area contributed by atoms with Crippen LogP contribution in [0.1, 0.15) is 27.2 Å². The van der Waals surface area contributed by atoms with Crippen LogP contribution in [0, 0.1) is 0 Å². The number of ether oxygens (including phenoxy) is 1. The summed E-state index contributed by atoms with van der Waals surface area (Å²) in [4.78, 5) is 17.8. The predicted octanol–water partition coefficient (Wildman–Crippen LogP) is 2.00. The maximum absolute atomic E-state index is 11.8. The fourth-order valence-electron chi connectivity index (χ4n) is 1.85. The smallest absolute Gasteiger partial charge is 0.228 e. The molecule has 0 radical (unpaired) electrons. The molecule has 0 atom stereocenters. The molecule has 0 saturated carbocycles. The molecule has 0 N–H and O–H groups in total. The van der Waals surface area contributed by atoms with E-state index in [9.17, 15) is 4.79 Å². The van der Waals surface area contributed by atoms with Crippen molar-refractivity contribution in [1.29, 1.82) is 0 Å². The van der Waals surface area contributed by atoms with Crippen LogP contribution in [-0.4, -0.2) is 23.0 Å². The molecule has 4 nitrogen and oxygen atoms in total. The lowest BCUT2D eigenvalue weighted by atomic mass is 10.1. The topological polar surface area (TPSA) is 42.4 Å². The summed E-state index contributed by atoms with van der Waals surface area (Å²) in [6, 6.07) is 3.66. The highest BCUT2D eigenvalue weighted by Crippen LogP contribution is 2.34. The number of carbonyl (C=O) groups excluding carboxylic acids is 1. The van der Waals surface area contributed by atoms with Crippen LogP contribution in [0.4, 0.5) is 5.82 Å². The molecule has 2 heterocycles. The van der Waals surface area contributed by atoms with Gasteiger partial charge >= 0.3 is 0 Å². The molecule has 1 amide bonds. The van der Waals surface area contributed by atoms with E-state index in [2.05, 4.69) is 4.98 Å². The lowest BCUT2D eigenvalue weighted by Crippen LogP contribution is -2.49. The Morgan fingerprint density at radius 1 is 1.62 bits per heavy atom. The first kappa shape index (κ1) is 10.9. The number of rotatable bonds is 1. The molecule has 0 spiro atoms. The van der Waals surface area contributed by atoms with E-state index in [1.54, 1.807) is 11.1 Å². The Bertz CT molecular complexity index is 415. The molecule has 0 unspecified atom stereocenters. The molecule has 0 saturated heterocycles. The fourth-order valence-corrected chi connectivity index (χ4v) is 1.85. The van der Waals surface area contributed by atoms with Crippen LogP contribution < -0.4 is 9.64 Å². The van der Waals surface area contributed by atoms with E-state index in [0.717, 1.165) is 0 Å². The van der Waals surface area contributed by atoms with E-state index >= 15 is 0 Å². The Morgan fingerprint density at radius 3 is 3.06 bits per heavy atom. The Labute approximate surface area is 95.2 Å². The average molecular weight is 220 g/mol. The standard InChI is InChI=1S/C12H16N2O2/c1-4-10(15)14-8-12(2,3)16-9-6-5-7-13-11(9)14/h5-7H,4,8H2,1-3H3. The summed E-state index contributed by atoms with van der Waals surface area (Å²) in [5.41, 5.74) is -0.360. The summed E-state index contributed by atoms with van der Waals surface area (Å²) in [6.07, 6.45) is 2.16. The Morgan fingerprint density at radius 2 is 2.38 bits per heavy atom. The van der Waals surface area contributed by atoms with Crippen LogP contribution in [0.5, 0.6) is 5.75 Å². The maximum Gasteiger partial charge on any atom is 0.228 e. The first-order valence-corrected chi connectivity index (χ1v) is 5.48. The molecule has 0 aliphatic carbocycles. The van der Waals surface area contributed by atoms with E-state index in [1.165, 1.54) is 0 Å². The first-order chi connectivity index (χ1) is 7.53. The van der Waals surface area contributed by atoms with Crippen molar-refractivity contribution < 1.29 is 9.53 Å². The van der Waals surface area contributed by atoms with Crippen molar-refractivity contribution in [3.63, 3.8) is 0 Å². The van der Waals surface area contributed by atoms with Crippen molar-refractivity contribution in [3.05, 3.63) is 18.3 Å². The summed E-state index contributed by atoms with van der Waals surface area (Å²) >= 11 is 0. The molecular weight excluding hydrogens is 204 g/mol. The van der Waals surface area contributed by atoms with Gasteiger partial charge in [0.05, 0.1) is 6.54 Å². The van der Waals surface area contributed by atoms with Gasteiger partial charge in [-0.05, 0) is 26.0 Å². The number of aromatic nitrogens is 1. The van der Waals surface area contributed by atoms with Crippen LogP contribution in [-0.2, 0) is 4.79 Å². The molecule has 2 rings (SSSR count). The number of anilines is 1. The van der Waals surface area contributed by atoms with Gasteiger partial charge < -0.3 is 4.74 Å². The summed E-state index contributed by atoms with van der Waals surface area (Å²) in [5.74, 6) is 1.39. The van der Waals surface area contributed by atoms with Crippen molar-refractivity contribution in [2.24, 2.45) is 0 Å². The first-order valence-electron chi connectivity index (χ1n) is 5.48. The molecule has 0 fully saturated rings. The molecule has 1 aliphatic rings. The largest absolute Gasteiger partial charge is 0.482 e. The molecule has 1 aliphatic heterocycles. The lowest BCUT2D eigenvalue weighted by molar-refractivity contribution is -0.119. The van der Waals surface area contributed by atoms with Gasteiger partial charge in [0.15, 0.2) is 11.6 Å². The van der Waals surface area contributed by atoms with Gasteiger partial charge in [0.2, 0.25) is 5.91 Å². The summed E-state index contributed by atoms with van der Waals surface area (Å²) in [5, 5.41) is 0. The highest BCUT2D eigenvalue weighted by atomic mass is 16.5. The molecule has 1 aromatic heterocycles. The normalized spacial score (nSPS) is 17.6. The summed E-state index contributed by atoms with van der Waals surface area (Å²) < 4.78 is 5.79. The zero-order valence-corrected chi connectivity index (χ0v) is 9.86. The molecule has 86 valence electrons. The van der Waals surface area contributed by atoms with Crippen molar-refractivity contribution in [2.45, 2.75) is 32.8 Å². The average Bonchev–Trinajstić information content (AvgIpc) is 2.25. The second-order valence-electron chi connectivity index (χ2n) is 4.52. The number of pyridine rings is 1. The summed E-state index contributed by atoms with van der Waals surface area (Å²) in [6.45, 7) is 6.34. The SMILES string of the molecule is CCC(=O)N1CC(C)(C)Oc2cccnc21. The molecule has 1 aromatic rings. The number of hydrogen-bond acceptors (Lipinski definition) is 3. The second-order valence-corrected chi connectivity index (χ2v) is 4.52. The van der Waals surface area contributed by atoms with Gasteiger partial charge in [-0.15, -0.1) is 0 Å². The van der Waals surface area contributed by atoms with E-state index < -0.39 is 0 Å². The molecular formula is C12H16N2O2. The van der Waals surface area contributed by atoms with Gasteiger partial charge in [-0.3, -0.25) is 9.69 Å². The van der Waals surface area contributed by atoms with E-state index in [4.69, 9.17) is 4.74 Å². The maximum atomic E-state index is 11.8. The fraction of sp³-hybridized carbons (Fsp3) is 0.500. The van der Waals surface area contributed by atoms with Gasteiger partial charge in [0.25, 0.3) is 0 Å². The Kier molecular flexibility index (Phi) is 2.58. The number of carbonyl (C=O) groups is 1. The molecule has 4 heteroatoms. The molecule has 0 bridgehead atoms. The van der Waals surface area contributed by atoms with Crippen LogP contribution in [0.25, 0.3) is 0 Å². The Hall–Kier alpha value is -1.58. The van der Waals surface area contributed by atoms with Crippen LogP contribution in [0.3, 0.4) is 0 Å². The Balaban J connectivity index is 2.43. The lowest BCUT2D eigenvalue weighted by Gasteiger charge is -2.38.